The predicted molar refractivity (Wildman–Crippen MR) is 96.0 cm³/mol. The summed E-state index contributed by atoms with van der Waals surface area (Å²) in [7, 11) is 0. The van der Waals surface area contributed by atoms with E-state index in [1.807, 2.05) is 6.07 Å². The fourth-order valence-corrected chi connectivity index (χ4v) is 3.07. The zero-order chi connectivity index (χ0) is 19.0. The molecule has 0 radical (unpaired) electrons. The molecule has 1 amide bonds. The van der Waals surface area contributed by atoms with Crippen LogP contribution in [0.2, 0.25) is 5.02 Å². The first kappa shape index (κ1) is 17.4. The van der Waals surface area contributed by atoms with Gasteiger partial charge in [-0.05, 0) is 29.8 Å². The van der Waals surface area contributed by atoms with Crippen LogP contribution in [0, 0.1) is 11.6 Å². The average Bonchev–Trinajstić information content (AvgIpc) is 3.09. The van der Waals surface area contributed by atoms with Crippen LogP contribution in [-0.4, -0.2) is 22.5 Å². The van der Waals surface area contributed by atoms with Gasteiger partial charge in [-0.3, -0.25) is 9.78 Å². The molecule has 1 aliphatic rings. The predicted octanol–water partition coefficient (Wildman–Crippen LogP) is 4.26. The number of aromatic nitrogens is 2. The average molecular weight is 388 g/mol. The number of nitrogens with one attached hydrogen (secondary N) is 1. The Bertz CT molecular complexity index is 1020. The van der Waals surface area contributed by atoms with E-state index < -0.39 is 23.1 Å². The van der Waals surface area contributed by atoms with Gasteiger partial charge in [-0.15, -0.1) is 0 Å². The van der Waals surface area contributed by atoms with Crippen LogP contribution in [0.5, 0.6) is 5.75 Å². The molecule has 27 heavy (non-hydrogen) atoms. The smallest absolute Gasteiger partial charge is 0.262 e. The third-order valence-electron chi connectivity index (χ3n) is 4.14. The molecule has 0 fully saturated rings. The Balaban J connectivity index is 1.57. The van der Waals surface area contributed by atoms with E-state index in [0.717, 1.165) is 29.9 Å². The molecule has 3 aromatic rings. The minimum absolute atomic E-state index is 0.0621. The summed E-state index contributed by atoms with van der Waals surface area (Å²) in [4.78, 5) is 20.4. The number of nitrogens with zero attached hydrogens (tertiary/aromatic N) is 2. The van der Waals surface area contributed by atoms with Gasteiger partial charge in [0.2, 0.25) is 0 Å². The Labute approximate surface area is 158 Å². The highest BCUT2D eigenvalue weighted by atomic mass is 35.5. The van der Waals surface area contributed by atoms with Gasteiger partial charge in [-0.25, -0.2) is 13.8 Å². The standard InChI is InChI=1S/C19H12ClF2N3O2/c20-12-7-16-10(4-5-27-16)6-11(12)15-8-24-17(9-23-15)25-19(26)18-13(21)2-1-3-14(18)22/h1-3,6-9H,4-5H2,(H,24,25,26). The van der Waals surface area contributed by atoms with Crippen molar-refractivity contribution >= 4 is 23.3 Å². The maximum atomic E-state index is 13.7. The van der Waals surface area contributed by atoms with Crippen molar-refractivity contribution in [2.75, 3.05) is 11.9 Å². The number of hydrogen-bond acceptors (Lipinski definition) is 4. The number of anilines is 1. The zero-order valence-electron chi connectivity index (χ0n) is 13.8. The second-order valence-electron chi connectivity index (χ2n) is 5.88. The number of carbonyl (C=O) groups excluding carboxylic acids is 1. The number of amides is 1. The van der Waals surface area contributed by atoms with E-state index in [2.05, 4.69) is 15.3 Å². The van der Waals surface area contributed by atoms with Crippen molar-refractivity contribution < 1.29 is 18.3 Å². The summed E-state index contributed by atoms with van der Waals surface area (Å²) in [6.45, 7) is 0.609. The summed E-state index contributed by atoms with van der Waals surface area (Å²) in [5.41, 5.74) is 1.55. The maximum absolute atomic E-state index is 13.7. The molecule has 5 nitrogen and oxygen atoms in total. The molecule has 0 saturated carbocycles. The lowest BCUT2D eigenvalue weighted by molar-refractivity contribution is 0.101. The molecular weight excluding hydrogens is 376 g/mol. The van der Waals surface area contributed by atoms with Crippen LogP contribution in [0.25, 0.3) is 11.3 Å². The molecule has 1 aliphatic heterocycles. The van der Waals surface area contributed by atoms with Crippen LogP contribution in [-0.2, 0) is 6.42 Å². The highest BCUT2D eigenvalue weighted by molar-refractivity contribution is 6.33. The first-order valence-corrected chi connectivity index (χ1v) is 8.44. The van der Waals surface area contributed by atoms with Crippen molar-refractivity contribution in [3.8, 4) is 17.0 Å². The molecular formula is C19H12ClF2N3O2. The molecule has 1 aromatic heterocycles. The Morgan fingerprint density at radius 2 is 1.93 bits per heavy atom. The molecule has 0 aliphatic carbocycles. The number of hydrogen-bond donors (Lipinski definition) is 1. The summed E-state index contributed by atoms with van der Waals surface area (Å²) in [5, 5.41) is 2.80. The van der Waals surface area contributed by atoms with Crippen molar-refractivity contribution in [3.63, 3.8) is 0 Å². The van der Waals surface area contributed by atoms with Gasteiger partial charge in [-0.2, -0.15) is 0 Å². The van der Waals surface area contributed by atoms with Gasteiger partial charge >= 0.3 is 0 Å². The largest absolute Gasteiger partial charge is 0.493 e. The summed E-state index contributed by atoms with van der Waals surface area (Å²) in [6.07, 6.45) is 3.51. The van der Waals surface area contributed by atoms with Crippen LogP contribution in [0.3, 0.4) is 0 Å². The molecule has 2 heterocycles. The van der Waals surface area contributed by atoms with Crippen LogP contribution in [0.4, 0.5) is 14.6 Å². The molecule has 4 rings (SSSR count). The first-order chi connectivity index (χ1) is 13.0. The van der Waals surface area contributed by atoms with E-state index in [9.17, 15) is 13.6 Å². The summed E-state index contributed by atoms with van der Waals surface area (Å²) in [5.74, 6) is -2.03. The van der Waals surface area contributed by atoms with Gasteiger partial charge in [0.1, 0.15) is 22.9 Å². The molecule has 0 unspecified atom stereocenters. The molecule has 0 atom stereocenters. The highest BCUT2D eigenvalue weighted by Gasteiger charge is 2.19. The Morgan fingerprint density at radius 1 is 1.15 bits per heavy atom. The van der Waals surface area contributed by atoms with Gasteiger partial charge in [0.15, 0.2) is 5.82 Å². The number of fused-ring (bicyclic) bond motifs is 1. The van der Waals surface area contributed by atoms with E-state index in [1.54, 1.807) is 6.07 Å². The second kappa shape index (κ2) is 6.92. The lowest BCUT2D eigenvalue weighted by Crippen LogP contribution is -2.16. The number of rotatable bonds is 3. The van der Waals surface area contributed by atoms with E-state index >= 15 is 0 Å². The number of ether oxygens (including phenoxy) is 1. The zero-order valence-corrected chi connectivity index (χ0v) is 14.6. The Hall–Kier alpha value is -3.06. The molecule has 2 aromatic carbocycles. The summed E-state index contributed by atoms with van der Waals surface area (Å²) >= 11 is 6.28. The molecule has 1 N–H and O–H groups in total. The van der Waals surface area contributed by atoms with Gasteiger partial charge in [-0.1, -0.05) is 17.7 Å². The lowest BCUT2D eigenvalue weighted by Gasteiger charge is -2.09. The lowest BCUT2D eigenvalue weighted by atomic mass is 10.1. The second-order valence-corrected chi connectivity index (χ2v) is 6.28. The third-order valence-corrected chi connectivity index (χ3v) is 4.45. The van der Waals surface area contributed by atoms with Gasteiger partial charge in [0.25, 0.3) is 5.91 Å². The van der Waals surface area contributed by atoms with Gasteiger partial charge in [0.05, 0.1) is 29.7 Å². The minimum Gasteiger partial charge on any atom is -0.493 e. The summed E-state index contributed by atoms with van der Waals surface area (Å²) < 4.78 is 32.8. The monoisotopic (exact) mass is 387 g/mol. The van der Waals surface area contributed by atoms with Crippen LogP contribution >= 0.6 is 11.6 Å². The van der Waals surface area contributed by atoms with Crippen molar-refractivity contribution in [2.24, 2.45) is 0 Å². The van der Waals surface area contributed by atoms with Crippen molar-refractivity contribution in [1.29, 1.82) is 0 Å². The maximum Gasteiger partial charge on any atom is 0.262 e. The third kappa shape index (κ3) is 3.33. The fraction of sp³-hybridized carbons (Fsp3) is 0.105. The minimum atomic E-state index is -0.954. The molecule has 0 spiro atoms. The normalized spacial score (nSPS) is 12.4. The fourth-order valence-electron chi connectivity index (χ4n) is 2.82. The van der Waals surface area contributed by atoms with Crippen molar-refractivity contribution in [2.45, 2.75) is 6.42 Å². The van der Waals surface area contributed by atoms with Crippen LogP contribution < -0.4 is 10.1 Å². The number of benzene rings is 2. The van der Waals surface area contributed by atoms with Gasteiger partial charge < -0.3 is 10.1 Å². The van der Waals surface area contributed by atoms with Crippen LogP contribution in [0.1, 0.15) is 15.9 Å². The number of carbonyl (C=O) groups is 1. The summed E-state index contributed by atoms with van der Waals surface area (Å²) in [6, 6.07) is 6.82. The molecule has 8 heteroatoms. The quantitative estimate of drug-likeness (QED) is 0.729. The molecule has 136 valence electrons. The van der Waals surface area contributed by atoms with E-state index in [1.165, 1.54) is 18.5 Å². The number of halogens is 3. The molecule has 0 bridgehead atoms. The van der Waals surface area contributed by atoms with E-state index in [-0.39, 0.29) is 5.82 Å². The SMILES string of the molecule is O=C(Nc1cnc(-c2cc3c(cc2Cl)OCC3)cn1)c1c(F)cccc1F. The van der Waals surface area contributed by atoms with E-state index in [4.69, 9.17) is 16.3 Å². The Morgan fingerprint density at radius 3 is 2.63 bits per heavy atom. The Kier molecular flexibility index (Phi) is 4.45. The topological polar surface area (TPSA) is 64.1 Å². The first-order valence-electron chi connectivity index (χ1n) is 8.06. The molecule has 0 saturated heterocycles. The van der Waals surface area contributed by atoms with E-state index in [0.29, 0.717) is 22.9 Å². The van der Waals surface area contributed by atoms with Crippen LogP contribution in [0.15, 0.2) is 42.7 Å². The highest BCUT2D eigenvalue weighted by Crippen LogP contribution is 2.35. The van der Waals surface area contributed by atoms with Crippen molar-refractivity contribution in [3.05, 3.63) is 70.5 Å². The van der Waals surface area contributed by atoms with Gasteiger partial charge in [0, 0.05) is 12.0 Å². The van der Waals surface area contributed by atoms with Crippen molar-refractivity contribution in [1.82, 2.24) is 9.97 Å².